The SMILES string of the molecule is O[C@]12O[C@@]3(C(F)(F)F)[C@@H]4[C@H]5C[C@H]([C@@H]6[C@H]5[C@H]3[C@@H]61)[C@@H]42. The van der Waals surface area contributed by atoms with Gasteiger partial charge in [0.2, 0.25) is 0 Å². The molecule has 0 aromatic heterocycles. The second-order valence-electron chi connectivity index (χ2n) is 6.97. The Morgan fingerprint density at radius 2 is 1.65 bits per heavy atom. The molecular weight excluding hydrogens is 233 g/mol. The second kappa shape index (κ2) is 1.78. The first-order chi connectivity index (χ1) is 7.93. The molecule has 2 heterocycles. The first-order valence-electron chi connectivity index (χ1n) is 6.42. The van der Waals surface area contributed by atoms with E-state index in [9.17, 15) is 18.3 Å². The minimum absolute atomic E-state index is 0.189. The van der Waals surface area contributed by atoms with Gasteiger partial charge in [-0.05, 0) is 30.1 Å². The lowest BCUT2D eigenvalue weighted by Gasteiger charge is -2.46. The number of hydrogen-bond donors (Lipinski definition) is 1. The predicted molar refractivity (Wildman–Crippen MR) is 47.4 cm³/mol. The van der Waals surface area contributed by atoms with Gasteiger partial charge in [0.25, 0.3) is 0 Å². The topological polar surface area (TPSA) is 29.5 Å². The largest absolute Gasteiger partial charge is 0.418 e. The van der Waals surface area contributed by atoms with Crippen LogP contribution in [0.5, 0.6) is 0 Å². The average Bonchev–Trinajstić information content (AvgIpc) is 2.72. The van der Waals surface area contributed by atoms with Crippen molar-refractivity contribution >= 4 is 0 Å². The molecule has 92 valence electrons. The summed E-state index contributed by atoms with van der Waals surface area (Å²) in [6, 6.07) is 0. The van der Waals surface area contributed by atoms with Gasteiger partial charge in [0.15, 0.2) is 11.4 Å². The summed E-state index contributed by atoms with van der Waals surface area (Å²) < 4.78 is 45.8. The van der Waals surface area contributed by atoms with Gasteiger partial charge >= 0.3 is 6.18 Å². The molecule has 10 atom stereocenters. The molecule has 7 fully saturated rings. The highest BCUT2D eigenvalue weighted by Crippen LogP contribution is 2.94. The zero-order valence-electron chi connectivity index (χ0n) is 8.82. The summed E-state index contributed by atoms with van der Waals surface area (Å²) in [5.41, 5.74) is -1.96. The summed E-state index contributed by atoms with van der Waals surface area (Å²) in [7, 11) is 0. The van der Waals surface area contributed by atoms with Crippen molar-refractivity contribution in [2.24, 2.45) is 47.3 Å². The fraction of sp³-hybridized carbons (Fsp3) is 1.00. The van der Waals surface area contributed by atoms with Crippen LogP contribution in [-0.4, -0.2) is 22.7 Å². The summed E-state index contributed by atoms with van der Waals surface area (Å²) in [6.45, 7) is 0. The van der Waals surface area contributed by atoms with Crippen molar-refractivity contribution in [3.05, 3.63) is 0 Å². The lowest BCUT2D eigenvalue weighted by molar-refractivity contribution is -0.302. The highest BCUT2D eigenvalue weighted by Gasteiger charge is 3.01. The Labute approximate surface area is 95.1 Å². The zero-order valence-corrected chi connectivity index (χ0v) is 8.82. The lowest BCUT2D eigenvalue weighted by Crippen LogP contribution is -2.57. The van der Waals surface area contributed by atoms with Gasteiger partial charge in [0, 0.05) is 23.7 Å². The number of halogens is 3. The summed E-state index contributed by atoms with van der Waals surface area (Å²) in [5, 5.41) is 10.5. The van der Waals surface area contributed by atoms with Crippen LogP contribution in [0.2, 0.25) is 0 Å². The van der Waals surface area contributed by atoms with Gasteiger partial charge in [-0.25, -0.2) is 0 Å². The summed E-state index contributed by atoms with van der Waals surface area (Å²) in [4.78, 5) is 0. The normalized spacial score (nSPS) is 79.8. The fourth-order valence-electron chi connectivity index (χ4n) is 7.51. The van der Waals surface area contributed by atoms with Crippen LogP contribution in [-0.2, 0) is 4.74 Å². The molecule has 0 unspecified atom stereocenters. The molecule has 2 aliphatic heterocycles. The summed E-state index contributed by atoms with van der Waals surface area (Å²) >= 11 is 0. The maximum absolute atomic E-state index is 13.5. The summed E-state index contributed by atoms with van der Waals surface area (Å²) in [5.74, 6) is -1.59. The molecular formula is C12H11F3O2. The number of hydrogen-bond acceptors (Lipinski definition) is 2. The van der Waals surface area contributed by atoms with E-state index in [1.807, 2.05) is 0 Å². The Bertz CT molecular complexity index is 491. The van der Waals surface area contributed by atoms with Crippen LogP contribution in [0.25, 0.3) is 0 Å². The molecule has 4 bridgehead atoms. The number of ether oxygens (including phenoxy) is 1. The number of aliphatic hydroxyl groups is 1. The van der Waals surface area contributed by atoms with Crippen LogP contribution in [0, 0.1) is 47.3 Å². The third-order valence-corrected chi connectivity index (χ3v) is 7.22. The van der Waals surface area contributed by atoms with Crippen LogP contribution in [0.4, 0.5) is 13.2 Å². The van der Waals surface area contributed by atoms with E-state index >= 15 is 0 Å². The second-order valence-corrected chi connectivity index (χ2v) is 6.97. The van der Waals surface area contributed by atoms with Crippen LogP contribution in [0.3, 0.4) is 0 Å². The van der Waals surface area contributed by atoms with Crippen LogP contribution in [0.15, 0.2) is 0 Å². The highest BCUT2D eigenvalue weighted by molar-refractivity contribution is 5.42. The van der Waals surface area contributed by atoms with E-state index in [1.165, 1.54) is 0 Å². The van der Waals surface area contributed by atoms with Gasteiger partial charge in [-0.2, -0.15) is 13.2 Å². The van der Waals surface area contributed by atoms with E-state index in [0.29, 0.717) is 11.8 Å². The van der Waals surface area contributed by atoms with E-state index in [4.69, 9.17) is 4.74 Å². The molecule has 7 aliphatic rings. The van der Waals surface area contributed by atoms with Gasteiger partial charge in [-0.15, -0.1) is 0 Å². The molecule has 5 aliphatic carbocycles. The van der Waals surface area contributed by atoms with Crippen molar-refractivity contribution < 1.29 is 23.0 Å². The van der Waals surface area contributed by atoms with Gasteiger partial charge < -0.3 is 9.84 Å². The smallest absolute Gasteiger partial charge is 0.365 e. The summed E-state index contributed by atoms with van der Waals surface area (Å²) in [6.07, 6.45) is -3.39. The van der Waals surface area contributed by atoms with E-state index in [2.05, 4.69) is 0 Å². The Kier molecular flexibility index (Phi) is 0.916. The Balaban J connectivity index is 1.72. The minimum atomic E-state index is -4.31. The first kappa shape index (κ1) is 8.75. The van der Waals surface area contributed by atoms with E-state index < -0.39 is 29.4 Å². The van der Waals surface area contributed by atoms with Crippen LogP contribution < -0.4 is 0 Å². The number of alkyl halides is 3. The molecule has 0 aromatic rings. The number of rotatable bonds is 0. The molecule has 0 aromatic carbocycles. The van der Waals surface area contributed by atoms with E-state index in [0.717, 1.165) is 6.42 Å². The monoisotopic (exact) mass is 244 g/mol. The van der Waals surface area contributed by atoms with Crippen LogP contribution in [0.1, 0.15) is 6.42 Å². The van der Waals surface area contributed by atoms with Gasteiger partial charge in [0.1, 0.15) is 0 Å². The Hall–Kier alpha value is -0.290. The quantitative estimate of drug-likeness (QED) is 0.698. The molecule has 17 heavy (non-hydrogen) atoms. The van der Waals surface area contributed by atoms with Crippen molar-refractivity contribution in [3.8, 4) is 0 Å². The van der Waals surface area contributed by atoms with Gasteiger partial charge in [-0.1, -0.05) is 0 Å². The van der Waals surface area contributed by atoms with Crippen molar-refractivity contribution in [2.75, 3.05) is 0 Å². The molecule has 0 amide bonds. The maximum atomic E-state index is 13.5. The first-order valence-corrected chi connectivity index (χ1v) is 6.42. The third kappa shape index (κ3) is 0.477. The van der Waals surface area contributed by atoms with Crippen molar-refractivity contribution in [1.82, 2.24) is 0 Å². The highest BCUT2D eigenvalue weighted by atomic mass is 19.4. The molecule has 0 spiro atoms. The lowest BCUT2D eigenvalue weighted by atomic mass is 9.56. The predicted octanol–water partition coefficient (Wildman–Crippen LogP) is 1.39. The van der Waals surface area contributed by atoms with Gasteiger partial charge in [-0.3, -0.25) is 0 Å². The molecule has 5 saturated carbocycles. The Morgan fingerprint density at radius 1 is 1.00 bits per heavy atom. The Morgan fingerprint density at radius 3 is 2.35 bits per heavy atom. The molecule has 5 heteroatoms. The molecule has 7 rings (SSSR count). The van der Waals surface area contributed by atoms with Crippen molar-refractivity contribution in [3.63, 3.8) is 0 Å². The fourth-order valence-corrected chi connectivity index (χ4v) is 7.51. The zero-order chi connectivity index (χ0) is 11.5. The maximum Gasteiger partial charge on any atom is 0.418 e. The average molecular weight is 244 g/mol. The molecule has 0 radical (unpaired) electrons. The minimum Gasteiger partial charge on any atom is -0.365 e. The standard InChI is InChI=1S/C12H11F3O2/c13-12(14,15)10-6-2-1-3-5-4(2)8(10)9(5)11(16,17-10)7(3)6/h2-9,16H,1H2/t2-,3+,4-,5+,6+,7-,8-,9+,10-,11+/m0/s1. The molecule has 1 N–H and O–H groups in total. The van der Waals surface area contributed by atoms with Crippen LogP contribution >= 0.6 is 0 Å². The molecule has 2 nitrogen and oxygen atoms in total. The van der Waals surface area contributed by atoms with Crippen molar-refractivity contribution in [1.29, 1.82) is 0 Å². The molecule has 2 saturated heterocycles. The van der Waals surface area contributed by atoms with E-state index in [-0.39, 0.29) is 23.7 Å². The van der Waals surface area contributed by atoms with E-state index in [1.54, 1.807) is 0 Å². The third-order valence-electron chi connectivity index (χ3n) is 7.22. The van der Waals surface area contributed by atoms with Crippen molar-refractivity contribution in [2.45, 2.75) is 24.0 Å². The van der Waals surface area contributed by atoms with Gasteiger partial charge in [0.05, 0.1) is 0 Å².